The number of nitrogens with one attached hydrogen (secondary N) is 1. The van der Waals surface area contributed by atoms with Gasteiger partial charge in [0, 0.05) is 23.9 Å². The standard InChI is InChI=1S/C18H22ClN3O4S/c19-15-8-4-5-13(11-15)12-27(24,25)18-22-21-16(26-18)9-10-20-17(23)14-6-2-1-3-7-14/h4-5,8,11,14H,1-3,6-7,9-10,12H2,(H,20,23). The summed E-state index contributed by atoms with van der Waals surface area (Å²) in [6.07, 6.45) is 5.53. The van der Waals surface area contributed by atoms with Crippen LogP contribution < -0.4 is 5.32 Å². The minimum atomic E-state index is -3.75. The van der Waals surface area contributed by atoms with Gasteiger partial charge in [0.15, 0.2) is 0 Å². The Morgan fingerprint density at radius 1 is 1.22 bits per heavy atom. The second-order valence-electron chi connectivity index (χ2n) is 6.73. The van der Waals surface area contributed by atoms with Crippen LogP contribution in [0, 0.1) is 5.92 Å². The molecule has 0 saturated heterocycles. The Labute approximate surface area is 163 Å². The van der Waals surface area contributed by atoms with Gasteiger partial charge < -0.3 is 9.73 Å². The number of amides is 1. The lowest BCUT2D eigenvalue weighted by molar-refractivity contribution is -0.125. The molecule has 1 saturated carbocycles. The van der Waals surface area contributed by atoms with E-state index in [0.29, 0.717) is 17.1 Å². The van der Waals surface area contributed by atoms with Gasteiger partial charge in [-0.1, -0.05) is 48.1 Å². The third-order valence-electron chi connectivity index (χ3n) is 4.57. The third kappa shape index (κ3) is 5.52. The predicted octanol–water partition coefficient (Wildman–Crippen LogP) is 2.94. The summed E-state index contributed by atoms with van der Waals surface area (Å²) in [4.78, 5) is 12.1. The molecule has 1 aliphatic rings. The maximum atomic E-state index is 12.4. The first-order valence-corrected chi connectivity index (χ1v) is 11.0. The van der Waals surface area contributed by atoms with E-state index >= 15 is 0 Å². The van der Waals surface area contributed by atoms with E-state index in [1.807, 2.05) is 0 Å². The number of hydrogen-bond donors (Lipinski definition) is 1. The fourth-order valence-electron chi connectivity index (χ4n) is 3.17. The largest absolute Gasteiger partial charge is 0.412 e. The fourth-order valence-corrected chi connectivity index (χ4v) is 4.52. The van der Waals surface area contributed by atoms with Crippen molar-refractivity contribution in [2.24, 2.45) is 5.92 Å². The first-order valence-electron chi connectivity index (χ1n) is 9.01. The summed E-state index contributed by atoms with van der Waals surface area (Å²) in [5.74, 6) is 0.0369. The third-order valence-corrected chi connectivity index (χ3v) is 6.22. The predicted molar refractivity (Wildman–Crippen MR) is 99.9 cm³/mol. The summed E-state index contributed by atoms with van der Waals surface area (Å²) in [5, 5.41) is 10.3. The molecule has 3 rings (SSSR count). The summed E-state index contributed by atoms with van der Waals surface area (Å²) in [6, 6.07) is 6.60. The molecule has 1 amide bonds. The van der Waals surface area contributed by atoms with Crippen molar-refractivity contribution in [2.45, 2.75) is 49.5 Å². The molecule has 0 bridgehead atoms. The Bertz CT molecular complexity index is 892. The molecular weight excluding hydrogens is 390 g/mol. The summed E-state index contributed by atoms with van der Waals surface area (Å²) >= 11 is 5.88. The number of aromatic nitrogens is 2. The number of benzene rings is 1. The van der Waals surface area contributed by atoms with Crippen LogP contribution in [0.2, 0.25) is 5.02 Å². The maximum Gasteiger partial charge on any atom is 0.335 e. The van der Waals surface area contributed by atoms with Crippen molar-refractivity contribution in [1.82, 2.24) is 15.5 Å². The summed E-state index contributed by atoms with van der Waals surface area (Å²) < 4.78 is 30.1. The van der Waals surface area contributed by atoms with Crippen LogP contribution in [-0.2, 0) is 26.8 Å². The molecule has 0 aliphatic heterocycles. The zero-order valence-corrected chi connectivity index (χ0v) is 16.4. The van der Waals surface area contributed by atoms with Crippen LogP contribution in [0.4, 0.5) is 0 Å². The Morgan fingerprint density at radius 2 is 2.00 bits per heavy atom. The zero-order chi connectivity index (χ0) is 19.3. The SMILES string of the molecule is O=C(NCCc1nnc(S(=O)(=O)Cc2cccc(Cl)c2)o1)C1CCCCC1. The number of hydrogen-bond acceptors (Lipinski definition) is 6. The van der Waals surface area contributed by atoms with Crippen LogP contribution in [0.15, 0.2) is 33.9 Å². The topological polar surface area (TPSA) is 102 Å². The molecule has 27 heavy (non-hydrogen) atoms. The van der Waals surface area contributed by atoms with Crippen LogP contribution >= 0.6 is 11.6 Å². The van der Waals surface area contributed by atoms with E-state index in [1.165, 1.54) is 6.42 Å². The van der Waals surface area contributed by atoms with E-state index in [0.717, 1.165) is 25.7 Å². The van der Waals surface area contributed by atoms with Crippen molar-refractivity contribution >= 4 is 27.3 Å². The summed E-state index contributed by atoms with van der Waals surface area (Å²) in [5.41, 5.74) is 0.544. The average molecular weight is 412 g/mol. The van der Waals surface area contributed by atoms with Crippen LogP contribution in [0.3, 0.4) is 0 Å². The van der Waals surface area contributed by atoms with Gasteiger partial charge in [-0.3, -0.25) is 4.79 Å². The van der Waals surface area contributed by atoms with Gasteiger partial charge in [-0.15, -0.1) is 5.10 Å². The Hall–Kier alpha value is -1.93. The molecule has 7 nitrogen and oxygen atoms in total. The van der Waals surface area contributed by atoms with Crippen molar-refractivity contribution in [3.63, 3.8) is 0 Å². The number of carbonyl (C=O) groups is 1. The number of halogens is 1. The van der Waals surface area contributed by atoms with Crippen molar-refractivity contribution in [3.8, 4) is 0 Å². The highest BCUT2D eigenvalue weighted by molar-refractivity contribution is 7.90. The zero-order valence-electron chi connectivity index (χ0n) is 14.9. The quantitative estimate of drug-likeness (QED) is 0.751. The molecule has 1 fully saturated rings. The van der Waals surface area contributed by atoms with Crippen LogP contribution in [0.5, 0.6) is 0 Å². The highest BCUT2D eigenvalue weighted by Crippen LogP contribution is 2.23. The molecule has 1 N–H and O–H groups in total. The van der Waals surface area contributed by atoms with Gasteiger partial charge in [0.05, 0.1) is 5.75 Å². The molecule has 0 radical (unpaired) electrons. The molecule has 1 aromatic carbocycles. The van der Waals surface area contributed by atoms with Crippen molar-refractivity contribution < 1.29 is 17.6 Å². The number of carbonyl (C=O) groups excluding carboxylic acids is 1. The van der Waals surface area contributed by atoms with E-state index in [2.05, 4.69) is 15.5 Å². The van der Waals surface area contributed by atoms with Gasteiger partial charge in [0.25, 0.3) is 0 Å². The number of nitrogens with zero attached hydrogens (tertiary/aromatic N) is 2. The first kappa shape index (κ1) is 19.8. The van der Waals surface area contributed by atoms with Gasteiger partial charge in [0.1, 0.15) is 0 Å². The Balaban J connectivity index is 1.53. The van der Waals surface area contributed by atoms with Gasteiger partial charge in [-0.2, -0.15) is 0 Å². The van der Waals surface area contributed by atoms with Gasteiger partial charge in [-0.25, -0.2) is 8.42 Å². The van der Waals surface area contributed by atoms with Crippen LogP contribution in [-0.4, -0.2) is 31.1 Å². The lowest BCUT2D eigenvalue weighted by atomic mass is 9.89. The molecule has 0 unspecified atom stereocenters. The first-order chi connectivity index (χ1) is 12.9. The van der Waals surface area contributed by atoms with Crippen molar-refractivity contribution in [1.29, 1.82) is 0 Å². The highest BCUT2D eigenvalue weighted by Gasteiger charge is 2.24. The van der Waals surface area contributed by atoms with E-state index in [9.17, 15) is 13.2 Å². The molecule has 2 aromatic rings. The lowest BCUT2D eigenvalue weighted by Gasteiger charge is -2.20. The Kier molecular flexibility index (Phi) is 6.49. The highest BCUT2D eigenvalue weighted by atomic mass is 35.5. The molecule has 146 valence electrons. The van der Waals surface area contributed by atoms with E-state index in [4.69, 9.17) is 16.0 Å². The number of rotatable bonds is 7. The smallest absolute Gasteiger partial charge is 0.335 e. The van der Waals surface area contributed by atoms with E-state index in [-0.39, 0.29) is 29.9 Å². The van der Waals surface area contributed by atoms with Crippen LogP contribution in [0.1, 0.15) is 43.6 Å². The summed E-state index contributed by atoms with van der Waals surface area (Å²) in [6.45, 7) is 0.339. The van der Waals surface area contributed by atoms with Crippen LogP contribution in [0.25, 0.3) is 0 Å². The Morgan fingerprint density at radius 3 is 2.74 bits per heavy atom. The van der Waals surface area contributed by atoms with E-state index in [1.54, 1.807) is 24.3 Å². The van der Waals surface area contributed by atoms with Gasteiger partial charge >= 0.3 is 5.22 Å². The van der Waals surface area contributed by atoms with E-state index < -0.39 is 15.1 Å². The lowest BCUT2D eigenvalue weighted by Crippen LogP contribution is -2.33. The van der Waals surface area contributed by atoms with Gasteiger partial charge in [0.2, 0.25) is 21.6 Å². The van der Waals surface area contributed by atoms with Crippen molar-refractivity contribution in [3.05, 3.63) is 40.7 Å². The molecule has 1 aromatic heterocycles. The summed E-state index contributed by atoms with van der Waals surface area (Å²) in [7, 11) is -3.75. The monoisotopic (exact) mass is 411 g/mol. The maximum absolute atomic E-state index is 12.4. The molecule has 1 aliphatic carbocycles. The van der Waals surface area contributed by atoms with Crippen molar-refractivity contribution in [2.75, 3.05) is 6.54 Å². The fraction of sp³-hybridized carbons (Fsp3) is 0.500. The molecular formula is C18H22ClN3O4S. The second kappa shape index (κ2) is 8.84. The minimum absolute atomic E-state index is 0.0445. The number of sulfone groups is 1. The normalized spacial score (nSPS) is 15.6. The molecule has 9 heteroatoms. The molecule has 1 heterocycles. The average Bonchev–Trinajstić information content (AvgIpc) is 3.12. The minimum Gasteiger partial charge on any atom is -0.412 e. The molecule has 0 spiro atoms. The second-order valence-corrected chi connectivity index (χ2v) is 9.03. The van der Waals surface area contributed by atoms with Gasteiger partial charge in [-0.05, 0) is 30.5 Å². The molecule has 0 atom stereocenters.